The van der Waals surface area contributed by atoms with Gasteiger partial charge in [-0.15, -0.1) is 0 Å². The van der Waals surface area contributed by atoms with Crippen LogP contribution in [0, 0.1) is 6.92 Å². The van der Waals surface area contributed by atoms with Gasteiger partial charge in [0.15, 0.2) is 5.96 Å². The third kappa shape index (κ3) is 6.64. The lowest BCUT2D eigenvalue weighted by atomic mass is 10.1. The maximum atomic E-state index is 11.6. The van der Waals surface area contributed by atoms with Crippen LogP contribution in [0.25, 0.3) is 0 Å². The fourth-order valence-electron chi connectivity index (χ4n) is 3.46. The second-order valence-electron chi connectivity index (χ2n) is 7.53. The van der Waals surface area contributed by atoms with Crippen molar-refractivity contribution in [2.24, 2.45) is 4.99 Å². The molecule has 1 aliphatic rings. The smallest absolute Gasteiger partial charge is 0.239 e. The van der Waals surface area contributed by atoms with Gasteiger partial charge in [0.1, 0.15) is 5.75 Å². The summed E-state index contributed by atoms with van der Waals surface area (Å²) >= 11 is 0. The Bertz CT molecular complexity index is 895. The van der Waals surface area contributed by atoms with Gasteiger partial charge < -0.3 is 25.6 Å². The molecule has 1 saturated heterocycles. The number of nitrogens with zero attached hydrogens (tertiary/aromatic N) is 2. The number of aliphatic imine (C=N–C) groups is 1. The van der Waals surface area contributed by atoms with Gasteiger partial charge in [0.25, 0.3) is 0 Å². The highest BCUT2D eigenvalue weighted by Crippen LogP contribution is 2.20. The summed E-state index contributed by atoms with van der Waals surface area (Å²) in [5, 5.41) is 9.55. The summed E-state index contributed by atoms with van der Waals surface area (Å²) in [6, 6.07) is 14.5. The Kier molecular flexibility index (Phi) is 8.15. The third-order valence-corrected chi connectivity index (χ3v) is 5.07. The van der Waals surface area contributed by atoms with Crippen molar-refractivity contribution in [1.29, 1.82) is 0 Å². The molecule has 0 spiro atoms. The average molecular weight is 424 g/mol. The molecule has 1 amide bonds. The zero-order valence-electron chi connectivity index (χ0n) is 18.7. The Morgan fingerprint density at radius 3 is 2.68 bits per heavy atom. The predicted molar refractivity (Wildman–Crippen MR) is 126 cm³/mol. The van der Waals surface area contributed by atoms with Crippen LogP contribution in [0.15, 0.2) is 47.5 Å². The minimum atomic E-state index is 0.0716. The lowest BCUT2D eigenvalue weighted by Gasteiger charge is -2.28. The molecular weight excluding hydrogens is 390 g/mol. The minimum absolute atomic E-state index is 0.0716. The second kappa shape index (κ2) is 11.2. The summed E-state index contributed by atoms with van der Waals surface area (Å²) in [6.07, 6.45) is 0. The number of nitrogens with one attached hydrogen (secondary N) is 3. The van der Waals surface area contributed by atoms with Crippen molar-refractivity contribution in [1.82, 2.24) is 16.0 Å². The zero-order chi connectivity index (χ0) is 22.1. The lowest BCUT2D eigenvalue weighted by Crippen LogP contribution is -2.47. The van der Waals surface area contributed by atoms with Crippen molar-refractivity contribution in [3.05, 3.63) is 59.2 Å². The monoisotopic (exact) mass is 423 g/mol. The maximum Gasteiger partial charge on any atom is 0.239 e. The number of rotatable bonds is 8. The summed E-state index contributed by atoms with van der Waals surface area (Å²) in [4.78, 5) is 18.4. The third-order valence-electron chi connectivity index (χ3n) is 5.07. The van der Waals surface area contributed by atoms with Crippen LogP contribution in [0.2, 0.25) is 0 Å². The SMILES string of the molecule is CCNC(=NCc1ccc(N2CCNC(=O)C2)cc1)NCc1ccc(C)cc1OCC. The van der Waals surface area contributed by atoms with E-state index < -0.39 is 0 Å². The van der Waals surface area contributed by atoms with Gasteiger partial charge in [-0.3, -0.25) is 4.79 Å². The zero-order valence-corrected chi connectivity index (χ0v) is 18.7. The molecule has 7 nitrogen and oxygen atoms in total. The molecule has 7 heteroatoms. The number of hydrogen-bond donors (Lipinski definition) is 3. The number of piperazine rings is 1. The van der Waals surface area contributed by atoms with E-state index in [1.165, 1.54) is 5.56 Å². The van der Waals surface area contributed by atoms with Crippen LogP contribution in [0.4, 0.5) is 5.69 Å². The fourth-order valence-corrected chi connectivity index (χ4v) is 3.46. The molecule has 166 valence electrons. The molecule has 0 radical (unpaired) electrons. The van der Waals surface area contributed by atoms with Crippen molar-refractivity contribution in [2.75, 3.05) is 37.7 Å². The average Bonchev–Trinajstić information content (AvgIpc) is 2.77. The van der Waals surface area contributed by atoms with Gasteiger partial charge in [0.2, 0.25) is 5.91 Å². The molecule has 2 aromatic carbocycles. The lowest BCUT2D eigenvalue weighted by molar-refractivity contribution is -0.120. The first-order valence-corrected chi connectivity index (χ1v) is 10.9. The summed E-state index contributed by atoms with van der Waals surface area (Å²) in [7, 11) is 0. The number of guanidine groups is 1. The molecule has 1 fully saturated rings. The molecule has 31 heavy (non-hydrogen) atoms. The number of ether oxygens (including phenoxy) is 1. The number of aryl methyl sites for hydroxylation is 1. The summed E-state index contributed by atoms with van der Waals surface area (Å²) < 4.78 is 5.78. The van der Waals surface area contributed by atoms with Gasteiger partial charge in [0, 0.05) is 37.4 Å². The first-order valence-electron chi connectivity index (χ1n) is 10.9. The molecule has 1 aliphatic heterocycles. The van der Waals surface area contributed by atoms with Gasteiger partial charge in [-0.05, 0) is 50.1 Å². The van der Waals surface area contributed by atoms with Gasteiger partial charge >= 0.3 is 0 Å². The van der Waals surface area contributed by atoms with Crippen molar-refractivity contribution in [2.45, 2.75) is 33.9 Å². The maximum absolute atomic E-state index is 11.6. The number of hydrogen-bond acceptors (Lipinski definition) is 4. The van der Waals surface area contributed by atoms with Crippen LogP contribution in [0.5, 0.6) is 5.75 Å². The van der Waals surface area contributed by atoms with Crippen LogP contribution >= 0.6 is 0 Å². The number of carbonyl (C=O) groups excluding carboxylic acids is 1. The van der Waals surface area contributed by atoms with Crippen molar-refractivity contribution >= 4 is 17.6 Å². The Balaban J connectivity index is 1.61. The molecule has 3 N–H and O–H groups in total. The highest BCUT2D eigenvalue weighted by atomic mass is 16.5. The Labute approximate surface area is 184 Å². The molecule has 0 aliphatic carbocycles. The minimum Gasteiger partial charge on any atom is -0.494 e. The van der Waals surface area contributed by atoms with Crippen molar-refractivity contribution < 1.29 is 9.53 Å². The van der Waals surface area contributed by atoms with Crippen molar-refractivity contribution in [3.63, 3.8) is 0 Å². The van der Waals surface area contributed by atoms with Crippen LogP contribution in [0.1, 0.15) is 30.5 Å². The molecule has 0 bridgehead atoms. The van der Waals surface area contributed by atoms with Gasteiger partial charge in [-0.25, -0.2) is 4.99 Å². The summed E-state index contributed by atoms with van der Waals surface area (Å²) in [5.41, 5.74) is 4.47. The highest BCUT2D eigenvalue weighted by Gasteiger charge is 2.16. The van der Waals surface area contributed by atoms with E-state index in [0.29, 0.717) is 32.8 Å². The van der Waals surface area contributed by atoms with Gasteiger partial charge in [-0.2, -0.15) is 0 Å². The normalized spacial score (nSPS) is 14.2. The molecule has 0 saturated carbocycles. The predicted octanol–water partition coefficient (Wildman–Crippen LogP) is 2.59. The molecule has 0 aromatic heterocycles. The quantitative estimate of drug-likeness (QED) is 0.449. The van der Waals surface area contributed by atoms with E-state index in [9.17, 15) is 4.79 Å². The number of benzene rings is 2. The molecule has 0 atom stereocenters. The Morgan fingerprint density at radius 1 is 1.16 bits per heavy atom. The second-order valence-corrected chi connectivity index (χ2v) is 7.53. The van der Waals surface area contributed by atoms with Crippen LogP contribution in [-0.4, -0.2) is 44.7 Å². The topological polar surface area (TPSA) is 78.0 Å². The highest BCUT2D eigenvalue weighted by molar-refractivity contribution is 5.82. The van der Waals surface area contributed by atoms with Crippen molar-refractivity contribution in [3.8, 4) is 5.75 Å². The van der Waals surface area contributed by atoms with E-state index in [2.05, 4.69) is 77.2 Å². The molecule has 1 heterocycles. The van der Waals surface area contributed by atoms with Crippen LogP contribution in [0.3, 0.4) is 0 Å². The first kappa shape index (κ1) is 22.5. The van der Waals surface area contributed by atoms with E-state index in [1.807, 2.05) is 6.92 Å². The number of amides is 1. The largest absolute Gasteiger partial charge is 0.494 e. The Hall–Kier alpha value is -3.22. The van der Waals surface area contributed by atoms with E-state index in [4.69, 9.17) is 9.73 Å². The molecule has 0 unspecified atom stereocenters. The molecular formula is C24H33N5O2. The standard InChI is InChI=1S/C24H33N5O2/c1-4-25-24(28-16-20-9-6-18(3)14-22(20)31-5-2)27-15-19-7-10-21(11-8-19)29-13-12-26-23(30)17-29/h6-11,14H,4-5,12-13,15-17H2,1-3H3,(H,26,30)(H2,25,27,28). The van der Waals surface area contributed by atoms with E-state index >= 15 is 0 Å². The van der Waals surface area contributed by atoms with Gasteiger partial charge in [-0.1, -0.05) is 24.3 Å². The summed E-state index contributed by atoms with van der Waals surface area (Å²) in [5.74, 6) is 1.75. The Morgan fingerprint density at radius 2 is 1.97 bits per heavy atom. The van der Waals surface area contributed by atoms with Crippen LogP contribution < -0.4 is 25.6 Å². The number of anilines is 1. The van der Waals surface area contributed by atoms with Crippen LogP contribution in [-0.2, 0) is 17.9 Å². The van der Waals surface area contributed by atoms with E-state index in [1.54, 1.807) is 0 Å². The number of carbonyl (C=O) groups is 1. The van der Waals surface area contributed by atoms with E-state index in [0.717, 1.165) is 41.6 Å². The van der Waals surface area contributed by atoms with E-state index in [-0.39, 0.29) is 5.91 Å². The first-order chi connectivity index (χ1) is 15.1. The van der Waals surface area contributed by atoms with Gasteiger partial charge in [0.05, 0.1) is 19.7 Å². The molecule has 2 aromatic rings. The fraction of sp³-hybridized carbons (Fsp3) is 0.417. The molecule has 3 rings (SSSR count). The summed E-state index contributed by atoms with van der Waals surface area (Å²) in [6.45, 7) is 10.7.